The topological polar surface area (TPSA) is 33.7 Å². The molecular formula is C20H27ClN2O2. The molecule has 0 saturated carbocycles. The lowest BCUT2D eigenvalue weighted by molar-refractivity contribution is 0.150. The highest BCUT2D eigenvalue weighted by Crippen LogP contribution is 2.31. The van der Waals surface area contributed by atoms with Crippen molar-refractivity contribution in [1.82, 2.24) is 10.2 Å². The summed E-state index contributed by atoms with van der Waals surface area (Å²) in [5, 5.41) is 3.51. The lowest BCUT2D eigenvalue weighted by atomic mass is 10.0. The first kappa shape index (κ1) is 19.7. The number of methoxy groups -OCH3 is 2. The molecule has 5 heteroatoms. The van der Waals surface area contributed by atoms with E-state index in [-0.39, 0.29) is 12.4 Å². The number of hydrogen-bond acceptors (Lipinski definition) is 4. The molecule has 3 rings (SSSR count). The van der Waals surface area contributed by atoms with Crippen LogP contribution in [0.25, 0.3) is 0 Å². The second-order valence-electron chi connectivity index (χ2n) is 6.19. The van der Waals surface area contributed by atoms with E-state index in [0.29, 0.717) is 12.6 Å². The molecule has 1 atom stereocenters. The summed E-state index contributed by atoms with van der Waals surface area (Å²) in [5.74, 6) is 0.962. The molecule has 0 aromatic heterocycles. The van der Waals surface area contributed by atoms with Crippen molar-refractivity contribution < 1.29 is 9.47 Å². The summed E-state index contributed by atoms with van der Waals surface area (Å²) in [4.78, 5) is 2.53. The number of para-hydroxylation sites is 1. The van der Waals surface area contributed by atoms with E-state index in [1.54, 1.807) is 14.2 Å². The smallest absolute Gasteiger partial charge is 0.123 e. The van der Waals surface area contributed by atoms with Crippen LogP contribution in [0.1, 0.15) is 22.7 Å². The zero-order valence-electron chi connectivity index (χ0n) is 14.9. The summed E-state index contributed by atoms with van der Waals surface area (Å²) in [6, 6.07) is 17.3. The third-order valence-electron chi connectivity index (χ3n) is 4.54. The maximum Gasteiger partial charge on any atom is 0.123 e. The number of piperazine rings is 1. The number of rotatable bonds is 6. The molecule has 2 aromatic carbocycles. The van der Waals surface area contributed by atoms with Crippen LogP contribution in [0, 0.1) is 0 Å². The molecule has 1 unspecified atom stereocenters. The van der Waals surface area contributed by atoms with E-state index in [9.17, 15) is 0 Å². The van der Waals surface area contributed by atoms with Gasteiger partial charge in [0.05, 0.1) is 19.8 Å². The van der Waals surface area contributed by atoms with Crippen molar-refractivity contribution >= 4 is 12.4 Å². The van der Waals surface area contributed by atoms with Gasteiger partial charge in [0.15, 0.2) is 0 Å². The lowest BCUT2D eigenvalue weighted by Gasteiger charge is -2.37. The van der Waals surface area contributed by atoms with Crippen LogP contribution in [0.3, 0.4) is 0 Å². The molecule has 25 heavy (non-hydrogen) atoms. The molecule has 1 aliphatic rings. The van der Waals surface area contributed by atoms with Crippen LogP contribution in [0.15, 0.2) is 48.5 Å². The van der Waals surface area contributed by atoms with Crippen molar-refractivity contribution in [2.75, 3.05) is 33.9 Å². The molecule has 1 N–H and O–H groups in total. The van der Waals surface area contributed by atoms with Gasteiger partial charge in [0.25, 0.3) is 0 Å². The molecule has 0 amide bonds. The van der Waals surface area contributed by atoms with Gasteiger partial charge < -0.3 is 14.8 Å². The van der Waals surface area contributed by atoms with Crippen LogP contribution < -0.4 is 10.1 Å². The van der Waals surface area contributed by atoms with E-state index >= 15 is 0 Å². The van der Waals surface area contributed by atoms with Gasteiger partial charge in [-0.2, -0.15) is 0 Å². The van der Waals surface area contributed by atoms with Gasteiger partial charge in [0.2, 0.25) is 0 Å². The second-order valence-corrected chi connectivity index (χ2v) is 6.19. The van der Waals surface area contributed by atoms with Crippen LogP contribution in [0.4, 0.5) is 0 Å². The van der Waals surface area contributed by atoms with Gasteiger partial charge >= 0.3 is 0 Å². The quantitative estimate of drug-likeness (QED) is 0.853. The Morgan fingerprint density at radius 3 is 2.68 bits per heavy atom. The van der Waals surface area contributed by atoms with E-state index in [2.05, 4.69) is 46.6 Å². The third-order valence-corrected chi connectivity index (χ3v) is 4.54. The van der Waals surface area contributed by atoms with Crippen molar-refractivity contribution in [3.05, 3.63) is 65.2 Å². The maximum absolute atomic E-state index is 5.58. The Kier molecular flexibility index (Phi) is 7.72. The fraction of sp³-hybridized carbons (Fsp3) is 0.400. The van der Waals surface area contributed by atoms with Crippen LogP contribution in [0.5, 0.6) is 5.75 Å². The Labute approximate surface area is 156 Å². The van der Waals surface area contributed by atoms with Gasteiger partial charge in [-0.05, 0) is 17.2 Å². The summed E-state index contributed by atoms with van der Waals surface area (Å²) in [6.45, 7) is 4.58. The van der Waals surface area contributed by atoms with E-state index in [1.807, 2.05) is 12.1 Å². The predicted octanol–water partition coefficient (Wildman–Crippen LogP) is 3.41. The second kappa shape index (κ2) is 9.78. The van der Waals surface area contributed by atoms with Gasteiger partial charge in [-0.3, -0.25) is 4.90 Å². The van der Waals surface area contributed by atoms with Crippen LogP contribution in [-0.4, -0.2) is 38.8 Å². The number of ether oxygens (including phenoxy) is 2. The monoisotopic (exact) mass is 362 g/mol. The van der Waals surface area contributed by atoms with Crippen molar-refractivity contribution in [2.45, 2.75) is 19.2 Å². The first-order valence-electron chi connectivity index (χ1n) is 8.46. The number of nitrogens with zero attached hydrogens (tertiary/aromatic N) is 1. The zero-order valence-corrected chi connectivity index (χ0v) is 15.7. The highest BCUT2D eigenvalue weighted by atomic mass is 35.5. The molecule has 4 nitrogen and oxygen atoms in total. The van der Waals surface area contributed by atoms with Crippen molar-refractivity contribution in [3.63, 3.8) is 0 Å². The molecule has 2 aromatic rings. The normalized spacial score (nSPS) is 17.8. The Balaban J connectivity index is 0.00000225. The molecule has 1 saturated heterocycles. The number of hydrogen-bond donors (Lipinski definition) is 1. The summed E-state index contributed by atoms with van der Waals surface area (Å²) in [5.41, 5.74) is 3.80. The fourth-order valence-corrected chi connectivity index (χ4v) is 3.40. The largest absolute Gasteiger partial charge is 0.496 e. The summed E-state index contributed by atoms with van der Waals surface area (Å²) in [6.07, 6.45) is 0. The highest BCUT2D eigenvalue weighted by Gasteiger charge is 2.26. The average molecular weight is 363 g/mol. The first-order valence-corrected chi connectivity index (χ1v) is 8.46. The zero-order chi connectivity index (χ0) is 16.8. The number of nitrogens with one attached hydrogen (secondary N) is 1. The van der Waals surface area contributed by atoms with Gasteiger partial charge in [-0.25, -0.2) is 0 Å². The van der Waals surface area contributed by atoms with Crippen molar-refractivity contribution in [1.29, 1.82) is 0 Å². The SMILES string of the molecule is COCc1cccc(CN2CCNCC2c2ccccc2OC)c1.Cl. The maximum atomic E-state index is 5.58. The minimum absolute atomic E-state index is 0. The molecule has 0 radical (unpaired) electrons. The summed E-state index contributed by atoms with van der Waals surface area (Å²) < 4.78 is 10.8. The summed E-state index contributed by atoms with van der Waals surface area (Å²) in [7, 11) is 3.48. The standard InChI is InChI=1S/C20H26N2O2.ClH/c1-23-15-17-7-5-6-16(12-17)14-22-11-10-21-13-19(22)18-8-3-4-9-20(18)24-2;/h3-9,12,19,21H,10-11,13-15H2,1-2H3;1H. The number of halogens is 1. The minimum atomic E-state index is 0. The van der Waals surface area contributed by atoms with E-state index in [4.69, 9.17) is 9.47 Å². The van der Waals surface area contributed by atoms with Gasteiger partial charge in [0.1, 0.15) is 5.75 Å². The van der Waals surface area contributed by atoms with E-state index in [1.165, 1.54) is 16.7 Å². The van der Waals surface area contributed by atoms with Crippen LogP contribution >= 0.6 is 12.4 Å². The van der Waals surface area contributed by atoms with Crippen molar-refractivity contribution in [2.24, 2.45) is 0 Å². The molecule has 1 fully saturated rings. The summed E-state index contributed by atoms with van der Waals surface area (Å²) >= 11 is 0. The molecule has 136 valence electrons. The lowest BCUT2D eigenvalue weighted by Crippen LogP contribution is -2.45. The Hall–Kier alpha value is -1.59. The fourth-order valence-electron chi connectivity index (χ4n) is 3.40. The van der Waals surface area contributed by atoms with Gasteiger partial charge in [0, 0.05) is 38.9 Å². The molecule has 1 heterocycles. The Morgan fingerprint density at radius 1 is 1.08 bits per heavy atom. The Morgan fingerprint density at radius 2 is 1.88 bits per heavy atom. The van der Waals surface area contributed by atoms with Crippen LogP contribution in [-0.2, 0) is 17.9 Å². The van der Waals surface area contributed by atoms with Gasteiger partial charge in [-0.1, -0.05) is 42.5 Å². The van der Waals surface area contributed by atoms with Crippen LogP contribution in [0.2, 0.25) is 0 Å². The Bertz CT molecular complexity index is 666. The average Bonchev–Trinajstić information content (AvgIpc) is 2.63. The van der Waals surface area contributed by atoms with Gasteiger partial charge in [-0.15, -0.1) is 12.4 Å². The molecule has 1 aliphatic heterocycles. The molecule has 0 bridgehead atoms. The van der Waals surface area contributed by atoms with E-state index < -0.39 is 0 Å². The first-order chi connectivity index (χ1) is 11.8. The minimum Gasteiger partial charge on any atom is -0.496 e. The van der Waals surface area contributed by atoms with E-state index in [0.717, 1.165) is 31.9 Å². The highest BCUT2D eigenvalue weighted by molar-refractivity contribution is 5.85. The number of benzene rings is 2. The molecule has 0 aliphatic carbocycles. The molecule has 0 spiro atoms. The third kappa shape index (κ3) is 4.95. The van der Waals surface area contributed by atoms with Crippen molar-refractivity contribution in [3.8, 4) is 5.75 Å². The molecular weight excluding hydrogens is 336 g/mol. The predicted molar refractivity (Wildman–Crippen MR) is 103 cm³/mol.